The number of aromatic nitrogens is 1. The van der Waals surface area contributed by atoms with Gasteiger partial charge in [0, 0.05) is 40.8 Å². The number of hydrogen-bond donors (Lipinski definition) is 1. The Labute approximate surface area is 156 Å². The lowest BCUT2D eigenvalue weighted by molar-refractivity contribution is 0.0947. The molecule has 0 aliphatic carbocycles. The van der Waals surface area contributed by atoms with Crippen molar-refractivity contribution in [2.45, 2.75) is 6.42 Å². The number of halogens is 1. The molecule has 2 aromatic carbocycles. The fraction of sp³-hybridized carbons (Fsp3) is 0.211. The van der Waals surface area contributed by atoms with E-state index >= 15 is 0 Å². The summed E-state index contributed by atoms with van der Waals surface area (Å²) < 4.78 is 1.90. The van der Waals surface area contributed by atoms with Crippen LogP contribution in [0.15, 0.2) is 53.6 Å². The lowest BCUT2D eigenvalue weighted by atomic mass is 10.1. The SMILES string of the molecule is Cn1c(C(=O)NCCCN=[N+]=[N-])c2ccc(Cl)cc2c1-c1ccccc1. The van der Waals surface area contributed by atoms with Gasteiger partial charge in [-0.15, -0.1) is 0 Å². The van der Waals surface area contributed by atoms with Crippen LogP contribution in [0.3, 0.4) is 0 Å². The zero-order valence-electron chi connectivity index (χ0n) is 14.3. The number of nitrogens with one attached hydrogen (secondary N) is 1. The summed E-state index contributed by atoms with van der Waals surface area (Å²) in [6.45, 7) is 0.800. The quantitative estimate of drug-likeness (QED) is 0.285. The Balaban J connectivity index is 2.02. The normalized spacial score (nSPS) is 10.5. The number of hydrogen-bond acceptors (Lipinski definition) is 2. The molecule has 1 amide bonds. The molecule has 0 saturated carbocycles. The number of nitrogens with zero attached hydrogens (tertiary/aromatic N) is 4. The second-order valence-corrected chi connectivity index (χ2v) is 6.31. The van der Waals surface area contributed by atoms with E-state index in [4.69, 9.17) is 17.1 Å². The molecule has 3 aromatic rings. The first-order valence-corrected chi connectivity index (χ1v) is 8.63. The third kappa shape index (κ3) is 3.52. The van der Waals surface area contributed by atoms with E-state index in [2.05, 4.69) is 15.3 Å². The van der Waals surface area contributed by atoms with Gasteiger partial charge < -0.3 is 9.88 Å². The fourth-order valence-corrected chi connectivity index (χ4v) is 3.26. The minimum Gasteiger partial charge on any atom is -0.351 e. The van der Waals surface area contributed by atoms with Gasteiger partial charge in [-0.1, -0.05) is 53.1 Å². The average molecular weight is 368 g/mol. The topological polar surface area (TPSA) is 82.8 Å². The molecule has 132 valence electrons. The highest BCUT2D eigenvalue weighted by Gasteiger charge is 2.21. The Hall–Kier alpha value is -2.95. The number of rotatable bonds is 6. The van der Waals surface area contributed by atoms with Gasteiger partial charge in [0.1, 0.15) is 5.69 Å². The number of amides is 1. The Bertz CT molecular complexity index is 990. The highest BCUT2D eigenvalue weighted by atomic mass is 35.5. The van der Waals surface area contributed by atoms with Crippen molar-refractivity contribution in [3.63, 3.8) is 0 Å². The Kier molecular flexibility index (Phi) is 5.46. The number of azide groups is 1. The van der Waals surface area contributed by atoms with Gasteiger partial charge in [-0.05, 0) is 29.6 Å². The van der Waals surface area contributed by atoms with E-state index in [-0.39, 0.29) is 5.91 Å². The molecule has 1 aromatic heterocycles. The molecule has 0 atom stereocenters. The third-order valence-corrected chi connectivity index (χ3v) is 4.44. The Morgan fingerprint density at radius 3 is 2.73 bits per heavy atom. The van der Waals surface area contributed by atoms with E-state index < -0.39 is 0 Å². The average Bonchev–Trinajstić information content (AvgIpc) is 2.93. The highest BCUT2D eigenvalue weighted by Crippen LogP contribution is 2.34. The molecule has 3 rings (SSSR count). The van der Waals surface area contributed by atoms with Crippen LogP contribution in [0.4, 0.5) is 0 Å². The first-order valence-electron chi connectivity index (χ1n) is 8.26. The maximum Gasteiger partial charge on any atom is 0.268 e. The van der Waals surface area contributed by atoms with Crippen molar-refractivity contribution in [2.75, 3.05) is 13.1 Å². The second-order valence-electron chi connectivity index (χ2n) is 5.88. The standard InChI is InChI=1S/C19H18ClN5O/c1-25-17(13-6-3-2-4-7-13)16-12-14(20)8-9-15(16)18(25)19(26)22-10-5-11-23-24-21/h2-4,6-9,12H,5,10-11H2,1H3,(H,22,26). The lowest BCUT2D eigenvalue weighted by Gasteiger charge is -2.09. The Morgan fingerprint density at radius 2 is 2.00 bits per heavy atom. The number of fused-ring (bicyclic) bond motifs is 1. The van der Waals surface area contributed by atoms with Gasteiger partial charge in [-0.3, -0.25) is 4.79 Å². The van der Waals surface area contributed by atoms with Crippen molar-refractivity contribution in [3.8, 4) is 11.3 Å². The third-order valence-electron chi connectivity index (χ3n) is 4.21. The molecule has 0 bridgehead atoms. The summed E-state index contributed by atoms with van der Waals surface area (Å²) in [5.74, 6) is -0.164. The maximum absolute atomic E-state index is 12.8. The summed E-state index contributed by atoms with van der Waals surface area (Å²) in [5.41, 5.74) is 10.8. The summed E-state index contributed by atoms with van der Waals surface area (Å²) in [5, 5.41) is 8.78. The summed E-state index contributed by atoms with van der Waals surface area (Å²) in [6.07, 6.45) is 0.593. The molecule has 0 spiro atoms. The monoisotopic (exact) mass is 367 g/mol. The van der Waals surface area contributed by atoms with Crippen molar-refractivity contribution in [1.82, 2.24) is 9.88 Å². The molecule has 1 N–H and O–H groups in total. The predicted molar refractivity (Wildman–Crippen MR) is 104 cm³/mol. The molecule has 26 heavy (non-hydrogen) atoms. The number of carbonyl (C=O) groups excluding carboxylic acids is 1. The van der Waals surface area contributed by atoms with E-state index in [9.17, 15) is 4.79 Å². The van der Waals surface area contributed by atoms with Crippen LogP contribution in [0.2, 0.25) is 5.02 Å². The molecular weight excluding hydrogens is 350 g/mol. The van der Waals surface area contributed by atoms with Gasteiger partial charge in [0.05, 0.1) is 5.69 Å². The fourth-order valence-electron chi connectivity index (χ4n) is 3.09. The molecule has 0 saturated heterocycles. The smallest absolute Gasteiger partial charge is 0.268 e. The summed E-state index contributed by atoms with van der Waals surface area (Å²) in [6, 6.07) is 15.5. The van der Waals surface area contributed by atoms with Crippen molar-refractivity contribution < 1.29 is 4.79 Å². The van der Waals surface area contributed by atoms with Gasteiger partial charge >= 0.3 is 0 Å². The van der Waals surface area contributed by atoms with Crippen molar-refractivity contribution in [3.05, 3.63) is 69.7 Å². The molecule has 0 fully saturated rings. The van der Waals surface area contributed by atoms with E-state index in [1.165, 1.54) is 0 Å². The molecule has 7 heteroatoms. The number of benzene rings is 2. The summed E-state index contributed by atoms with van der Waals surface area (Å²) in [4.78, 5) is 15.5. The van der Waals surface area contributed by atoms with E-state index in [1.54, 1.807) is 6.07 Å². The molecule has 0 unspecified atom stereocenters. The molecular formula is C19H18ClN5O. The van der Waals surface area contributed by atoms with Crippen molar-refractivity contribution in [1.29, 1.82) is 0 Å². The van der Waals surface area contributed by atoms with Crippen LogP contribution in [0.1, 0.15) is 16.9 Å². The van der Waals surface area contributed by atoms with Gasteiger partial charge in [0.2, 0.25) is 0 Å². The minimum absolute atomic E-state index is 0.164. The van der Waals surface area contributed by atoms with Gasteiger partial charge in [0.15, 0.2) is 0 Å². The van der Waals surface area contributed by atoms with Crippen LogP contribution < -0.4 is 5.32 Å². The van der Waals surface area contributed by atoms with E-state index in [0.717, 1.165) is 22.0 Å². The second kappa shape index (κ2) is 7.95. The summed E-state index contributed by atoms with van der Waals surface area (Å²) in [7, 11) is 1.88. The Morgan fingerprint density at radius 1 is 1.23 bits per heavy atom. The van der Waals surface area contributed by atoms with Crippen LogP contribution in [0.25, 0.3) is 32.5 Å². The number of carbonyl (C=O) groups is 1. The first kappa shape index (κ1) is 17.9. The van der Waals surface area contributed by atoms with Crippen LogP contribution >= 0.6 is 11.6 Å². The molecule has 0 aliphatic heterocycles. The maximum atomic E-state index is 12.8. The van der Waals surface area contributed by atoms with Crippen LogP contribution in [0.5, 0.6) is 0 Å². The van der Waals surface area contributed by atoms with Crippen molar-refractivity contribution >= 4 is 28.3 Å². The predicted octanol–water partition coefficient (Wildman–Crippen LogP) is 4.93. The van der Waals surface area contributed by atoms with Gasteiger partial charge in [-0.25, -0.2) is 0 Å². The molecule has 0 aliphatic rings. The van der Waals surface area contributed by atoms with Gasteiger partial charge in [-0.2, -0.15) is 0 Å². The lowest BCUT2D eigenvalue weighted by Crippen LogP contribution is -2.27. The molecule has 6 nitrogen and oxygen atoms in total. The van der Waals surface area contributed by atoms with Crippen LogP contribution in [-0.4, -0.2) is 23.6 Å². The van der Waals surface area contributed by atoms with E-state index in [0.29, 0.717) is 30.2 Å². The zero-order chi connectivity index (χ0) is 18.5. The van der Waals surface area contributed by atoms with Crippen LogP contribution in [0, 0.1) is 0 Å². The minimum atomic E-state index is -0.164. The van der Waals surface area contributed by atoms with E-state index in [1.807, 2.05) is 54.1 Å². The zero-order valence-corrected chi connectivity index (χ0v) is 15.1. The first-order chi connectivity index (χ1) is 12.6. The van der Waals surface area contributed by atoms with Crippen LogP contribution in [-0.2, 0) is 7.05 Å². The largest absolute Gasteiger partial charge is 0.351 e. The highest BCUT2D eigenvalue weighted by molar-refractivity contribution is 6.31. The summed E-state index contributed by atoms with van der Waals surface area (Å²) >= 11 is 6.20. The van der Waals surface area contributed by atoms with Gasteiger partial charge in [0.25, 0.3) is 5.91 Å². The van der Waals surface area contributed by atoms with Crippen molar-refractivity contribution in [2.24, 2.45) is 12.2 Å². The molecule has 1 heterocycles. The molecule has 0 radical (unpaired) electrons.